The van der Waals surface area contributed by atoms with Gasteiger partial charge in [-0.25, -0.2) is 0 Å². The quantitative estimate of drug-likeness (QED) is 0.129. The second-order valence-corrected chi connectivity index (χ2v) is 7.25. The van der Waals surface area contributed by atoms with Crippen LogP contribution in [-0.2, 0) is 43.2 Å². The number of carbonyl (C=O) groups is 9. The first-order valence-corrected chi connectivity index (χ1v) is 9.34. The SMILES string of the molecule is O=C([O-])CC(O)(CC(=O)[O-])C(=O)[O-].O=C([O-])CC(O)(CC(=O)[O-])C(=O)[O-].O=C([O-])CC(O)(CC(=O)[O-])C(=O)[O-].[F-].[F-].[F-].[K+].[K+].[K+].[K+].[Mg+2].[Mg+2].[Mg+2].[Mg+2]. The summed E-state index contributed by atoms with van der Waals surface area (Å²) in [6.45, 7) is 0. The molecule has 32 heteroatoms. The predicted octanol–water partition coefficient (Wildman–Crippen LogP) is -38.3. The standard InChI is InChI=1S/3C6H8O7.3FH.4K.4Mg/c3*7-3(8)1-6(13,5(11)12)2-4(9)10;;;;;;;;;;;/h3*13H,1-2H2,(H,7,8)(H,9,10)(H,11,12);3*1H;;;;;;;;/q;;;;;;4*+1;4*+2/p-12. The van der Waals surface area contributed by atoms with E-state index in [4.69, 9.17) is 15.3 Å². The fourth-order valence-electron chi connectivity index (χ4n) is 2.05. The van der Waals surface area contributed by atoms with Gasteiger partial charge in [0.2, 0.25) is 0 Å². The van der Waals surface area contributed by atoms with E-state index in [2.05, 4.69) is 0 Å². The van der Waals surface area contributed by atoms with Crippen molar-refractivity contribution in [1.82, 2.24) is 0 Å². The van der Waals surface area contributed by atoms with E-state index in [-0.39, 0.29) is 312 Å². The van der Waals surface area contributed by atoms with Crippen LogP contribution in [0, 0.1) is 0 Å². The third-order valence-electron chi connectivity index (χ3n) is 3.76. The molecule has 0 unspecified atom stereocenters. The van der Waals surface area contributed by atoms with Crippen molar-refractivity contribution in [3.63, 3.8) is 0 Å². The molecule has 0 aliphatic heterocycles. The summed E-state index contributed by atoms with van der Waals surface area (Å²) in [6.07, 6.45) is -8.15. The molecule has 3 N–H and O–H groups in total. The molecule has 0 radical (unpaired) electrons. The summed E-state index contributed by atoms with van der Waals surface area (Å²) in [7, 11) is 0. The molecule has 21 nitrogen and oxygen atoms in total. The van der Waals surface area contributed by atoms with E-state index in [9.17, 15) is 89.1 Å². The van der Waals surface area contributed by atoms with Crippen LogP contribution in [0.1, 0.15) is 38.5 Å². The Kier molecular flexibility index (Phi) is 91.1. The van der Waals surface area contributed by atoms with Gasteiger partial charge in [-0.1, -0.05) is 0 Å². The van der Waals surface area contributed by atoms with Crippen molar-refractivity contribution < 1.29 is 324 Å². The summed E-state index contributed by atoms with van der Waals surface area (Å²) in [6, 6.07) is 0. The summed E-state index contributed by atoms with van der Waals surface area (Å²) in [4.78, 5) is 90.0. The van der Waals surface area contributed by atoms with Crippen molar-refractivity contribution in [2.75, 3.05) is 0 Å². The van der Waals surface area contributed by atoms with Gasteiger partial charge in [0.05, 0.1) is 17.9 Å². The van der Waals surface area contributed by atoms with Gasteiger partial charge in [0, 0.05) is 74.3 Å². The molecule has 0 aromatic carbocycles. The summed E-state index contributed by atoms with van der Waals surface area (Å²) in [5, 5.41) is 117. The second-order valence-electron chi connectivity index (χ2n) is 7.25. The Morgan fingerprint density at radius 3 is 0.440 bits per heavy atom. The molecule has 0 rings (SSSR count). The minimum absolute atomic E-state index is 0. The molecule has 0 saturated heterocycles. The van der Waals surface area contributed by atoms with Gasteiger partial charge in [-0.15, -0.1) is 0 Å². The van der Waals surface area contributed by atoms with Crippen LogP contribution < -0.4 is 266 Å². The van der Waals surface area contributed by atoms with Crippen molar-refractivity contribution in [2.45, 2.75) is 55.3 Å². The number of carbonyl (C=O) groups excluding carboxylic acids is 9. The molecule has 0 bridgehead atoms. The van der Waals surface area contributed by atoms with Crippen LogP contribution in [0.25, 0.3) is 0 Å². The topological polar surface area (TPSA) is 422 Å². The average molecular weight is 878 g/mol. The fourth-order valence-corrected chi connectivity index (χ4v) is 2.05. The number of hydrogen-bond acceptors (Lipinski definition) is 21. The molecule has 0 aromatic heterocycles. The molecular weight excluding hydrogens is 863 g/mol. The number of carboxylic acids is 9. The van der Waals surface area contributed by atoms with E-state index in [1.807, 2.05) is 0 Å². The van der Waals surface area contributed by atoms with Crippen LogP contribution in [0.2, 0.25) is 0 Å². The maximum absolute atomic E-state index is 10.1. The molecule has 0 atom stereocenters. The Labute approximate surface area is 513 Å². The summed E-state index contributed by atoms with van der Waals surface area (Å²) < 4.78 is 0. The fraction of sp³-hybridized carbons (Fsp3) is 0.500. The summed E-state index contributed by atoms with van der Waals surface area (Å²) in [5.74, 6) is -18.0. The first-order valence-electron chi connectivity index (χ1n) is 9.34. The van der Waals surface area contributed by atoms with E-state index in [0.717, 1.165) is 0 Å². The van der Waals surface area contributed by atoms with Crippen LogP contribution in [0.4, 0.5) is 0 Å². The monoisotopic (exact) mass is 876 g/mol. The smallest absolute Gasteiger partial charge is 1.00 e. The number of aliphatic hydroxyl groups is 3. The van der Waals surface area contributed by atoms with Crippen LogP contribution in [0.15, 0.2) is 0 Å². The van der Waals surface area contributed by atoms with E-state index in [1.54, 1.807) is 0 Å². The van der Waals surface area contributed by atoms with Gasteiger partial charge in [0.15, 0.2) is 0 Å². The van der Waals surface area contributed by atoms with Crippen molar-refractivity contribution in [3.8, 4) is 0 Å². The van der Waals surface area contributed by atoms with Crippen molar-refractivity contribution >= 4 is 146 Å². The zero-order valence-corrected chi connectivity index (χ0v) is 45.0. The summed E-state index contributed by atoms with van der Waals surface area (Å²) >= 11 is 0. The number of carboxylic acid groups (broad SMARTS) is 9. The van der Waals surface area contributed by atoms with Crippen molar-refractivity contribution in [2.24, 2.45) is 0 Å². The molecule has 246 valence electrons. The molecular formula is C18H15F3K4Mg4O21. The molecule has 0 aromatic rings. The molecule has 0 spiro atoms. The van der Waals surface area contributed by atoms with Gasteiger partial charge in [0.25, 0.3) is 0 Å². The first-order chi connectivity index (χ1) is 17.3. The number of halogens is 3. The molecule has 0 fully saturated rings. The average Bonchev–Trinajstić information content (AvgIpc) is 2.64. The van der Waals surface area contributed by atoms with Gasteiger partial charge in [-0.2, -0.15) is 0 Å². The Morgan fingerprint density at radius 1 is 0.320 bits per heavy atom. The molecule has 0 amide bonds. The largest absolute Gasteiger partial charge is 2.00 e. The Hall–Kier alpha value is 4.51. The summed E-state index contributed by atoms with van der Waals surface area (Å²) in [5.41, 5.74) is -8.92. The number of rotatable bonds is 15. The number of aliphatic carboxylic acids is 9. The van der Waals surface area contributed by atoms with Crippen LogP contribution in [0.3, 0.4) is 0 Å². The van der Waals surface area contributed by atoms with Crippen LogP contribution >= 0.6 is 0 Å². The first kappa shape index (κ1) is 95.1. The molecule has 0 aliphatic carbocycles. The van der Waals surface area contributed by atoms with Crippen molar-refractivity contribution in [3.05, 3.63) is 0 Å². The van der Waals surface area contributed by atoms with E-state index >= 15 is 0 Å². The van der Waals surface area contributed by atoms with E-state index < -0.39 is 109 Å². The Morgan fingerprint density at radius 2 is 0.400 bits per heavy atom. The minimum Gasteiger partial charge on any atom is -1.00 e. The third kappa shape index (κ3) is 50.5. The van der Waals surface area contributed by atoms with Gasteiger partial charge in [-0.3, -0.25) is 0 Å². The normalized spacial score (nSPS) is 8.46. The Bertz CT molecular complexity index is 861. The van der Waals surface area contributed by atoms with Gasteiger partial charge >= 0.3 is 298 Å². The van der Waals surface area contributed by atoms with E-state index in [1.165, 1.54) is 0 Å². The van der Waals surface area contributed by atoms with Gasteiger partial charge in [-0.05, 0) is 0 Å². The van der Waals surface area contributed by atoms with E-state index in [0.29, 0.717) is 0 Å². The zero-order valence-electron chi connectivity index (χ0n) is 26.9. The van der Waals surface area contributed by atoms with Crippen molar-refractivity contribution in [1.29, 1.82) is 0 Å². The number of hydrogen-bond donors (Lipinski definition) is 3. The maximum Gasteiger partial charge on any atom is 2.00 e. The van der Waals surface area contributed by atoms with Crippen LogP contribution in [-0.4, -0.2) is 178 Å². The molecule has 0 heterocycles. The van der Waals surface area contributed by atoms with Crippen LogP contribution in [0.5, 0.6) is 0 Å². The molecule has 50 heavy (non-hydrogen) atoms. The van der Waals surface area contributed by atoms with Gasteiger partial charge < -0.3 is 119 Å². The Balaban J connectivity index is -0.0000000292. The maximum atomic E-state index is 10.1. The van der Waals surface area contributed by atoms with Gasteiger partial charge in [0.1, 0.15) is 16.8 Å². The molecule has 0 aliphatic rings. The second kappa shape index (κ2) is 47.9. The minimum atomic E-state index is -2.97. The molecule has 0 saturated carbocycles. The zero-order chi connectivity index (χ0) is 31.9. The predicted molar refractivity (Wildman–Crippen MR) is 111 cm³/mol. The third-order valence-corrected chi connectivity index (χ3v) is 3.76.